The van der Waals surface area contributed by atoms with E-state index in [-0.39, 0.29) is 5.56 Å². The second-order valence-electron chi connectivity index (χ2n) is 3.03. The van der Waals surface area contributed by atoms with Crippen LogP contribution in [-0.4, -0.2) is 27.8 Å². The van der Waals surface area contributed by atoms with Crippen molar-refractivity contribution in [3.63, 3.8) is 0 Å². The molecule has 0 fully saturated rings. The summed E-state index contributed by atoms with van der Waals surface area (Å²) in [5, 5.41) is 0. The number of hydrogen-bond donors (Lipinski definition) is 1. The summed E-state index contributed by atoms with van der Waals surface area (Å²) in [5.41, 5.74) is -0.579. The Morgan fingerprint density at radius 1 is 1.44 bits per heavy atom. The van der Waals surface area contributed by atoms with E-state index in [1.807, 2.05) is 4.72 Å². The lowest BCUT2D eigenvalue weighted by atomic mass is 10.2. The number of hydrogen-bond acceptors (Lipinski definition) is 4. The summed E-state index contributed by atoms with van der Waals surface area (Å²) in [5.74, 6) is -1.65. The first-order chi connectivity index (χ1) is 7.35. The van der Waals surface area contributed by atoms with Crippen molar-refractivity contribution in [2.75, 3.05) is 18.1 Å². The first-order valence-electron chi connectivity index (χ1n) is 4.20. The first kappa shape index (κ1) is 12.4. The van der Waals surface area contributed by atoms with Crippen molar-refractivity contribution < 1.29 is 22.3 Å². The van der Waals surface area contributed by atoms with Gasteiger partial charge in [-0.1, -0.05) is 6.07 Å². The molecule has 1 aromatic rings. The van der Waals surface area contributed by atoms with Crippen LogP contribution < -0.4 is 4.72 Å². The third-order valence-corrected chi connectivity index (χ3v) is 2.28. The topological polar surface area (TPSA) is 72.5 Å². The molecule has 0 saturated carbocycles. The van der Waals surface area contributed by atoms with Gasteiger partial charge < -0.3 is 4.74 Å². The number of para-hydroxylation sites is 1. The number of halogens is 1. The molecule has 16 heavy (non-hydrogen) atoms. The zero-order chi connectivity index (χ0) is 12.3. The lowest BCUT2D eigenvalue weighted by Gasteiger charge is -2.09. The number of rotatable bonds is 3. The van der Waals surface area contributed by atoms with Gasteiger partial charge in [-0.25, -0.2) is 17.6 Å². The lowest BCUT2D eigenvalue weighted by molar-refractivity contribution is 0.0601. The number of esters is 1. The van der Waals surface area contributed by atoms with Crippen molar-refractivity contribution in [1.29, 1.82) is 0 Å². The van der Waals surface area contributed by atoms with Crippen LogP contribution in [0.5, 0.6) is 0 Å². The van der Waals surface area contributed by atoms with Gasteiger partial charge in [-0.05, 0) is 12.1 Å². The molecule has 0 aliphatic heterocycles. The molecule has 1 aromatic carbocycles. The summed E-state index contributed by atoms with van der Waals surface area (Å²) in [6.45, 7) is 0. The highest BCUT2D eigenvalue weighted by molar-refractivity contribution is 7.92. The van der Waals surface area contributed by atoms with Gasteiger partial charge in [0.2, 0.25) is 10.0 Å². The van der Waals surface area contributed by atoms with E-state index < -0.39 is 27.5 Å². The largest absolute Gasteiger partial charge is 0.465 e. The molecule has 0 atom stereocenters. The summed E-state index contributed by atoms with van der Waals surface area (Å²) >= 11 is 0. The number of anilines is 1. The van der Waals surface area contributed by atoms with Crippen LogP contribution in [0.3, 0.4) is 0 Å². The second-order valence-corrected chi connectivity index (χ2v) is 4.78. The average molecular weight is 247 g/mol. The van der Waals surface area contributed by atoms with Gasteiger partial charge in [-0.15, -0.1) is 0 Å². The van der Waals surface area contributed by atoms with Gasteiger partial charge in [0.1, 0.15) is 5.82 Å². The minimum absolute atomic E-state index is 0.173. The predicted octanol–water partition coefficient (Wildman–Crippen LogP) is 0.984. The molecule has 0 heterocycles. The molecule has 7 heteroatoms. The van der Waals surface area contributed by atoms with Crippen LogP contribution in [0, 0.1) is 5.82 Å². The summed E-state index contributed by atoms with van der Waals surface area (Å²) in [7, 11) is -2.54. The maximum absolute atomic E-state index is 13.3. The quantitative estimate of drug-likeness (QED) is 0.808. The fourth-order valence-corrected chi connectivity index (χ4v) is 1.67. The molecule has 1 N–H and O–H groups in total. The van der Waals surface area contributed by atoms with Crippen LogP contribution in [-0.2, 0) is 14.8 Å². The SMILES string of the molecule is COC(=O)c1cccc(F)c1NS(C)(=O)=O. The molecule has 88 valence electrons. The normalized spacial score (nSPS) is 10.9. The highest BCUT2D eigenvalue weighted by Crippen LogP contribution is 2.21. The molecule has 0 aliphatic rings. The molecule has 0 spiro atoms. The standard InChI is InChI=1S/C9H10FNO4S/c1-15-9(12)6-4-3-5-7(10)8(6)11-16(2,13)14/h3-5,11H,1-2H3. The predicted molar refractivity (Wildman–Crippen MR) is 56.2 cm³/mol. The highest BCUT2D eigenvalue weighted by atomic mass is 32.2. The van der Waals surface area contributed by atoms with E-state index in [4.69, 9.17) is 0 Å². The Morgan fingerprint density at radius 2 is 2.06 bits per heavy atom. The van der Waals surface area contributed by atoms with Crippen LogP contribution in [0.2, 0.25) is 0 Å². The van der Waals surface area contributed by atoms with Crippen LogP contribution in [0.1, 0.15) is 10.4 Å². The molecule has 0 unspecified atom stereocenters. The third kappa shape index (κ3) is 2.93. The average Bonchev–Trinajstić information content (AvgIpc) is 2.18. The Kier molecular flexibility index (Phi) is 3.48. The zero-order valence-corrected chi connectivity index (χ0v) is 9.47. The van der Waals surface area contributed by atoms with Crippen molar-refractivity contribution >= 4 is 21.7 Å². The van der Waals surface area contributed by atoms with Gasteiger partial charge in [-0.2, -0.15) is 0 Å². The molecular formula is C9H10FNO4S. The van der Waals surface area contributed by atoms with E-state index >= 15 is 0 Å². The van der Waals surface area contributed by atoms with E-state index in [1.54, 1.807) is 0 Å². The molecule has 0 saturated heterocycles. The van der Waals surface area contributed by atoms with E-state index in [0.29, 0.717) is 0 Å². The Balaban J connectivity index is 3.29. The molecule has 0 aromatic heterocycles. The van der Waals surface area contributed by atoms with E-state index in [2.05, 4.69) is 4.74 Å². The first-order valence-corrected chi connectivity index (χ1v) is 6.09. The van der Waals surface area contributed by atoms with Gasteiger partial charge in [0, 0.05) is 0 Å². The van der Waals surface area contributed by atoms with E-state index in [0.717, 1.165) is 19.4 Å². The summed E-state index contributed by atoms with van der Waals surface area (Å²) in [6.07, 6.45) is 0.862. The van der Waals surface area contributed by atoms with Crippen LogP contribution in [0.25, 0.3) is 0 Å². The smallest absolute Gasteiger partial charge is 0.340 e. The Morgan fingerprint density at radius 3 is 2.56 bits per heavy atom. The summed E-state index contributed by atoms with van der Waals surface area (Å²) in [6, 6.07) is 3.59. The number of carbonyl (C=O) groups is 1. The molecule has 5 nitrogen and oxygen atoms in total. The van der Waals surface area contributed by atoms with Crippen molar-refractivity contribution in [3.8, 4) is 0 Å². The number of carbonyl (C=O) groups excluding carboxylic acids is 1. The highest BCUT2D eigenvalue weighted by Gasteiger charge is 2.18. The molecule has 0 aliphatic carbocycles. The van der Waals surface area contributed by atoms with Crippen LogP contribution in [0.4, 0.5) is 10.1 Å². The molecule has 0 bridgehead atoms. The summed E-state index contributed by atoms with van der Waals surface area (Å²) < 4.78 is 41.7. The van der Waals surface area contributed by atoms with E-state index in [1.165, 1.54) is 12.1 Å². The second kappa shape index (κ2) is 4.48. The third-order valence-electron chi connectivity index (χ3n) is 1.71. The fourth-order valence-electron chi connectivity index (χ4n) is 1.09. The van der Waals surface area contributed by atoms with Gasteiger partial charge in [0.25, 0.3) is 0 Å². The number of ether oxygens (including phenoxy) is 1. The molecular weight excluding hydrogens is 237 g/mol. The summed E-state index contributed by atoms with van der Waals surface area (Å²) in [4.78, 5) is 11.2. The van der Waals surface area contributed by atoms with Crippen LogP contribution in [0.15, 0.2) is 18.2 Å². The Labute approximate surface area is 92.3 Å². The molecule has 0 amide bonds. The van der Waals surface area contributed by atoms with E-state index in [9.17, 15) is 17.6 Å². The molecule has 1 rings (SSSR count). The number of methoxy groups -OCH3 is 1. The maximum atomic E-state index is 13.3. The van der Waals surface area contributed by atoms with Gasteiger partial charge in [0.05, 0.1) is 24.6 Å². The minimum atomic E-state index is -3.66. The minimum Gasteiger partial charge on any atom is -0.465 e. The van der Waals surface area contributed by atoms with Crippen molar-refractivity contribution in [1.82, 2.24) is 0 Å². The number of sulfonamides is 1. The van der Waals surface area contributed by atoms with Gasteiger partial charge >= 0.3 is 5.97 Å². The number of nitrogens with one attached hydrogen (secondary N) is 1. The fraction of sp³-hybridized carbons (Fsp3) is 0.222. The molecule has 0 radical (unpaired) electrons. The van der Waals surface area contributed by atoms with Crippen molar-refractivity contribution in [2.45, 2.75) is 0 Å². The lowest BCUT2D eigenvalue weighted by Crippen LogP contribution is -2.15. The van der Waals surface area contributed by atoms with Gasteiger partial charge in [-0.3, -0.25) is 4.72 Å². The zero-order valence-electron chi connectivity index (χ0n) is 8.65. The number of benzene rings is 1. The Bertz CT molecular complexity index is 512. The van der Waals surface area contributed by atoms with Crippen molar-refractivity contribution in [3.05, 3.63) is 29.6 Å². The maximum Gasteiger partial charge on any atom is 0.340 e. The monoisotopic (exact) mass is 247 g/mol. The van der Waals surface area contributed by atoms with Crippen molar-refractivity contribution in [2.24, 2.45) is 0 Å². The van der Waals surface area contributed by atoms with Crippen LogP contribution >= 0.6 is 0 Å². The Hall–Kier alpha value is -1.63. The van der Waals surface area contributed by atoms with Gasteiger partial charge in [0.15, 0.2) is 0 Å².